The molecular formula is C10H12Br2N2O2S. The van der Waals surface area contributed by atoms with Crippen LogP contribution in [0.1, 0.15) is 6.42 Å². The van der Waals surface area contributed by atoms with E-state index in [1.54, 1.807) is 18.2 Å². The zero-order chi connectivity index (χ0) is 13.1. The van der Waals surface area contributed by atoms with Gasteiger partial charge in [-0.05, 0) is 34.5 Å². The minimum absolute atomic E-state index is 0.0600. The molecule has 0 aliphatic carbocycles. The maximum absolute atomic E-state index is 12.0. The highest BCUT2D eigenvalue weighted by Gasteiger charge is 2.20. The quantitative estimate of drug-likeness (QED) is 0.466. The third-order valence-electron chi connectivity index (χ3n) is 1.95. The van der Waals surface area contributed by atoms with Gasteiger partial charge in [0.1, 0.15) is 4.90 Å². The largest absolute Gasteiger partial charge is 0.398 e. The first-order chi connectivity index (χ1) is 7.88. The number of hydrogen-bond donors (Lipinski definition) is 2. The van der Waals surface area contributed by atoms with Crippen LogP contribution in [0.5, 0.6) is 0 Å². The highest BCUT2D eigenvalue weighted by molar-refractivity contribution is 9.11. The van der Waals surface area contributed by atoms with Gasteiger partial charge in [0.2, 0.25) is 10.0 Å². The van der Waals surface area contributed by atoms with Gasteiger partial charge in [0.15, 0.2) is 0 Å². The SMILES string of the molecule is C=CCCNS(=O)(=O)c1c(N)cc(Br)cc1Br. The van der Waals surface area contributed by atoms with Gasteiger partial charge >= 0.3 is 0 Å². The molecule has 94 valence electrons. The summed E-state index contributed by atoms with van der Waals surface area (Å²) in [6, 6.07) is 3.19. The van der Waals surface area contributed by atoms with E-state index in [-0.39, 0.29) is 10.6 Å². The number of anilines is 1. The first kappa shape index (κ1) is 14.7. The summed E-state index contributed by atoms with van der Waals surface area (Å²) >= 11 is 6.43. The standard InChI is InChI=1S/C10H12Br2N2O2S/c1-2-3-4-14-17(15,16)10-8(12)5-7(11)6-9(10)13/h2,5-6,14H,1,3-4,13H2. The van der Waals surface area contributed by atoms with Crippen molar-refractivity contribution >= 4 is 47.6 Å². The fraction of sp³-hybridized carbons (Fsp3) is 0.200. The maximum atomic E-state index is 12.0. The molecule has 7 heteroatoms. The summed E-state index contributed by atoms with van der Waals surface area (Å²) in [6.45, 7) is 3.82. The summed E-state index contributed by atoms with van der Waals surface area (Å²) in [7, 11) is -3.60. The molecule has 1 rings (SSSR count). The Bertz CT molecular complexity index is 506. The summed E-state index contributed by atoms with van der Waals surface area (Å²) in [4.78, 5) is 0.0600. The Hall–Kier alpha value is -0.370. The second-order valence-corrected chi connectivity index (χ2v) is 6.75. The van der Waals surface area contributed by atoms with Gasteiger partial charge in [-0.3, -0.25) is 0 Å². The Morgan fingerprint density at radius 3 is 2.59 bits per heavy atom. The second-order valence-electron chi connectivity index (χ2n) is 3.28. The Balaban J connectivity index is 3.11. The number of nitrogens with two attached hydrogens (primary N) is 1. The molecular weight excluding hydrogens is 372 g/mol. The molecule has 0 spiro atoms. The van der Waals surface area contributed by atoms with Crippen molar-refractivity contribution in [3.05, 3.63) is 33.7 Å². The summed E-state index contributed by atoms with van der Waals surface area (Å²) in [5.41, 5.74) is 5.91. The van der Waals surface area contributed by atoms with Crippen LogP contribution in [0, 0.1) is 0 Å². The van der Waals surface area contributed by atoms with Crippen molar-refractivity contribution in [2.75, 3.05) is 12.3 Å². The lowest BCUT2D eigenvalue weighted by Crippen LogP contribution is -2.25. The van der Waals surface area contributed by atoms with Crippen molar-refractivity contribution in [1.82, 2.24) is 4.72 Å². The van der Waals surface area contributed by atoms with Gasteiger partial charge in [-0.2, -0.15) is 0 Å². The number of rotatable bonds is 5. The molecule has 17 heavy (non-hydrogen) atoms. The molecule has 0 radical (unpaired) electrons. The summed E-state index contributed by atoms with van der Waals surface area (Å²) in [5, 5.41) is 0. The Labute approximate surface area is 118 Å². The average molecular weight is 384 g/mol. The number of nitrogen functional groups attached to an aromatic ring is 1. The molecule has 3 N–H and O–H groups in total. The number of halogens is 2. The Morgan fingerprint density at radius 2 is 2.06 bits per heavy atom. The number of nitrogens with one attached hydrogen (secondary N) is 1. The topological polar surface area (TPSA) is 72.2 Å². The normalized spacial score (nSPS) is 11.4. The summed E-state index contributed by atoms with van der Waals surface area (Å²) in [6.07, 6.45) is 2.20. The summed E-state index contributed by atoms with van der Waals surface area (Å²) < 4.78 is 27.6. The van der Waals surface area contributed by atoms with Crippen LogP contribution in [0.2, 0.25) is 0 Å². The molecule has 0 amide bonds. The molecule has 0 atom stereocenters. The number of hydrogen-bond acceptors (Lipinski definition) is 3. The van der Waals surface area contributed by atoms with Gasteiger partial charge in [-0.25, -0.2) is 13.1 Å². The maximum Gasteiger partial charge on any atom is 0.243 e. The Morgan fingerprint density at radius 1 is 1.41 bits per heavy atom. The third-order valence-corrected chi connectivity index (χ3v) is 4.87. The van der Waals surface area contributed by atoms with Gasteiger partial charge in [0.25, 0.3) is 0 Å². The Kier molecular flexibility index (Phi) is 5.18. The van der Waals surface area contributed by atoms with Gasteiger partial charge in [0.05, 0.1) is 5.69 Å². The van der Waals surface area contributed by atoms with Crippen molar-refractivity contribution in [3.63, 3.8) is 0 Å². The average Bonchev–Trinajstić information content (AvgIpc) is 2.15. The van der Waals surface area contributed by atoms with E-state index in [0.717, 1.165) is 0 Å². The van der Waals surface area contributed by atoms with Gasteiger partial charge in [-0.15, -0.1) is 6.58 Å². The van der Waals surface area contributed by atoms with Crippen molar-refractivity contribution in [2.24, 2.45) is 0 Å². The monoisotopic (exact) mass is 382 g/mol. The van der Waals surface area contributed by atoms with E-state index in [9.17, 15) is 8.42 Å². The first-order valence-electron chi connectivity index (χ1n) is 4.73. The zero-order valence-electron chi connectivity index (χ0n) is 8.91. The van der Waals surface area contributed by atoms with Crippen LogP contribution >= 0.6 is 31.9 Å². The lowest BCUT2D eigenvalue weighted by Gasteiger charge is -2.10. The van der Waals surface area contributed by atoms with Crippen molar-refractivity contribution in [1.29, 1.82) is 0 Å². The van der Waals surface area contributed by atoms with Crippen molar-refractivity contribution < 1.29 is 8.42 Å². The van der Waals surface area contributed by atoms with Crippen LogP contribution in [-0.4, -0.2) is 15.0 Å². The molecule has 0 aliphatic heterocycles. The fourth-order valence-electron chi connectivity index (χ4n) is 1.23. The zero-order valence-corrected chi connectivity index (χ0v) is 12.9. The van der Waals surface area contributed by atoms with E-state index in [0.29, 0.717) is 21.9 Å². The van der Waals surface area contributed by atoms with E-state index >= 15 is 0 Å². The minimum Gasteiger partial charge on any atom is -0.398 e. The molecule has 4 nitrogen and oxygen atoms in total. The van der Waals surface area contributed by atoms with Crippen LogP contribution in [0.25, 0.3) is 0 Å². The van der Waals surface area contributed by atoms with Crippen LogP contribution in [-0.2, 0) is 10.0 Å². The highest BCUT2D eigenvalue weighted by Crippen LogP contribution is 2.31. The van der Waals surface area contributed by atoms with E-state index in [2.05, 4.69) is 43.2 Å². The van der Waals surface area contributed by atoms with Crippen LogP contribution in [0.15, 0.2) is 38.6 Å². The summed E-state index contributed by atoms with van der Waals surface area (Å²) in [5.74, 6) is 0. The van der Waals surface area contributed by atoms with E-state index < -0.39 is 10.0 Å². The van der Waals surface area contributed by atoms with Crippen molar-refractivity contribution in [2.45, 2.75) is 11.3 Å². The van der Waals surface area contributed by atoms with E-state index in [1.807, 2.05) is 0 Å². The molecule has 1 aromatic carbocycles. The highest BCUT2D eigenvalue weighted by atomic mass is 79.9. The molecule has 0 saturated heterocycles. The third kappa shape index (κ3) is 3.80. The number of sulfonamides is 1. The molecule has 0 saturated carbocycles. The van der Waals surface area contributed by atoms with E-state index in [1.165, 1.54) is 0 Å². The molecule has 0 heterocycles. The van der Waals surface area contributed by atoms with Crippen molar-refractivity contribution in [3.8, 4) is 0 Å². The van der Waals surface area contributed by atoms with Gasteiger partial charge in [0, 0.05) is 15.5 Å². The van der Waals surface area contributed by atoms with Crippen LogP contribution in [0.3, 0.4) is 0 Å². The van der Waals surface area contributed by atoms with Crippen LogP contribution < -0.4 is 10.5 Å². The molecule has 0 fully saturated rings. The fourth-order valence-corrected chi connectivity index (χ4v) is 4.34. The van der Waals surface area contributed by atoms with Gasteiger partial charge in [-0.1, -0.05) is 22.0 Å². The molecule has 0 bridgehead atoms. The minimum atomic E-state index is -3.60. The lowest BCUT2D eigenvalue weighted by atomic mass is 10.3. The molecule has 0 aromatic heterocycles. The molecule has 1 aromatic rings. The predicted octanol–water partition coefficient (Wildman–Crippen LogP) is 2.65. The van der Waals surface area contributed by atoms with Crippen LogP contribution in [0.4, 0.5) is 5.69 Å². The predicted molar refractivity (Wildman–Crippen MR) is 76.3 cm³/mol. The van der Waals surface area contributed by atoms with E-state index in [4.69, 9.17) is 5.73 Å². The second kappa shape index (κ2) is 5.99. The first-order valence-corrected chi connectivity index (χ1v) is 7.80. The number of benzene rings is 1. The van der Waals surface area contributed by atoms with Gasteiger partial charge < -0.3 is 5.73 Å². The molecule has 0 aliphatic rings. The molecule has 0 unspecified atom stereocenters. The smallest absolute Gasteiger partial charge is 0.243 e. The lowest BCUT2D eigenvalue weighted by molar-refractivity contribution is 0.582.